The zero-order chi connectivity index (χ0) is 14.4. The summed E-state index contributed by atoms with van der Waals surface area (Å²) in [5.41, 5.74) is 1.16. The molecule has 0 bridgehead atoms. The van der Waals surface area contributed by atoms with Crippen molar-refractivity contribution in [2.45, 2.75) is 46.6 Å². The standard InChI is InChI=1S/C16H28N4/c1-13(2)9-17-10-15-11-18-16(19-12-15)20-7-4-5-14(3)6-8-20/h11-14,17H,4-10H2,1-3H3. The number of hydrogen-bond acceptors (Lipinski definition) is 4. The van der Waals surface area contributed by atoms with E-state index in [0.717, 1.165) is 43.6 Å². The summed E-state index contributed by atoms with van der Waals surface area (Å²) in [7, 11) is 0. The molecule has 2 heterocycles. The van der Waals surface area contributed by atoms with E-state index in [2.05, 4.69) is 41.0 Å². The molecule has 1 unspecified atom stereocenters. The number of nitrogens with zero attached hydrogens (tertiary/aromatic N) is 3. The second-order valence-corrected chi connectivity index (χ2v) is 6.44. The zero-order valence-corrected chi connectivity index (χ0v) is 13.1. The zero-order valence-electron chi connectivity index (χ0n) is 13.1. The van der Waals surface area contributed by atoms with E-state index in [0.29, 0.717) is 5.92 Å². The first kappa shape index (κ1) is 15.2. The molecule has 0 aliphatic carbocycles. The molecule has 2 rings (SSSR count). The molecule has 0 radical (unpaired) electrons. The van der Waals surface area contributed by atoms with E-state index < -0.39 is 0 Å². The van der Waals surface area contributed by atoms with Gasteiger partial charge in [0.15, 0.2) is 0 Å². The number of aromatic nitrogens is 2. The van der Waals surface area contributed by atoms with E-state index in [1.54, 1.807) is 0 Å². The van der Waals surface area contributed by atoms with Crippen LogP contribution < -0.4 is 10.2 Å². The van der Waals surface area contributed by atoms with Gasteiger partial charge in [0.1, 0.15) is 0 Å². The molecule has 1 aromatic heterocycles. The van der Waals surface area contributed by atoms with E-state index in [4.69, 9.17) is 0 Å². The topological polar surface area (TPSA) is 41.1 Å². The fourth-order valence-electron chi connectivity index (χ4n) is 2.57. The third-order valence-electron chi connectivity index (χ3n) is 3.87. The number of anilines is 1. The van der Waals surface area contributed by atoms with Crippen molar-refractivity contribution in [1.82, 2.24) is 15.3 Å². The second kappa shape index (κ2) is 7.58. The van der Waals surface area contributed by atoms with Crippen LogP contribution in [0.25, 0.3) is 0 Å². The van der Waals surface area contributed by atoms with Crippen LogP contribution in [0.1, 0.15) is 45.6 Å². The highest BCUT2D eigenvalue weighted by Crippen LogP contribution is 2.19. The van der Waals surface area contributed by atoms with Gasteiger partial charge in [-0.25, -0.2) is 9.97 Å². The summed E-state index contributed by atoms with van der Waals surface area (Å²) in [6.45, 7) is 10.8. The van der Waals surface area contributed by atoms with Crippen LogP contribution in [-0.4, -0.2) is 29.6 Å². The van der Waals surface area contributed by atoms with Gasteiger partial charge in [0.05, 0.1) is 0 Å². The van der Waals surface area contributed by atoms with Crippen LogP contribution in [0.3, 0.4) is 0 Å². The first-order valence-electron chi connectivity index (χ1n) is 7.91. The van der Waals surface area contributed by atoms with E-state index in [-0.39, 0.29) is 0 Å². The van der Waals surface area contributed by atoms with Gasteiger partial charge >= 0.3 is 0 Å². The molecule has 1 fully saturated rings. The van der Waals surface area contributed by atoms with Crippen molar-refractivity contribution >= 4 is 5.95 Å². The minimum Gasteiger partial charge on any atom is -0.341 e. The van der Waals surface area contributed by atoms with Crippen molar-refractivity contribution < 1.29 is 0 Å². The SMILES string of the molecule is CC(C)CNCc1cnc(N2CCCC(C)CC2)nc1. The third kappa shape index (κ3) is 4.75. The Morgan fingerprint density at radius 1 is 1.25 bits per heavy atom. The van der Waals surface area contributed by atoms with Crippen molar-refractivity contribution in [3.8, 4) is 0 Å². The molecular formula is C16H28N4. The molecule has 1 aliphatic heterocycles. The van der Waals surface area contributed by atoms with E-state index >= 15 is 0 Å². The molecule has 0 aromatic carbocycles. The lowest BCUT2D eigenvalue weighted by molar-refractivity contribution is 0.521. The Hall–Kier alpha value is -1.16. The molecule has 1 N–H and O–H groups in total. The Morgan fingerprint density at radius 2 is 2.00 bits per heavy atom. The van der Waals surface area contributed by atoms with Gasteiger partial charge in [0, 0.05) is 37.6 Å². The van der Waals surface area contributed by atoms with Gasteiger partial charge < -0.3 is 10.2 Å². The highest BCUT2D eigenvalue weighted by atomic mass is 15.2. The average Bonchev–Trinajstić information content (AvgIpc) is 2.64. The summed E-state index contributed by atoms with van der Waals surface area (Å²) in [6.07, 6.45) is 7.75. The van der Waals surface area contributed by atoms with Crippen LogP contribution in [0.5, 0.6) is 0 Å². The lowest BCUT2D eigenvalue weighted by Crippen LogP contribution is -2.26. The smallest absolute Gasteiger partial charge is 0.225 e. The number of nitrogens with one attached hydrogen (secondary N) is 1. The van der Waals surface area contributed by atoms with Gasteiger partial charge in [-0.3, -0.25) is 0 Å². The van der Waals surface area contributed by atoms with Crippen LogP contribution in [-0.2, 0) is 6.54 Å². The maximum Gasteiger partial charge on any atom is 0.225 e. The second-order valence-electron chi connectivity index (χ2n) is 6.44. The van der Waals surface area contributed by atoms with E-state index in [1.807, 2.05) is 12.4 Å². The Bertz CT molecular complexity index is 388. The van der Waals surface area contributed by atoms with E-state index in [1.165, 1.54) is 19.3 Å². The predicted octanol–water partition coefficient (Wildman–Crippen LogP) is 2.85. The molecule has 0 saturated carbocycles. The lowest BCUT2D eigenvalue weighted by atomic mass is 10.0. The normalized spacial score (nSPS) is 20.2. The van der Waals surface area contributed by atoms with Crippen LogP contribution in [0, 0.1) is 11.8 Å². The monoisotopic (exact) mass is 276 g/mol. The molecule has 112 valence electrons. The van der Waals surface area contributed by atoms with Crippen molar-refractivity contribution in [2.75, 3.05) is 24.5 Å². The van der Waals surface area contributed by atoms with Gasteiger partial charge in [0.25, 0.3) is 0 Å². The van der Waals surface area contributed by atoms with Crippen LogP contribution >= 0.6 is 0 Å². The van der Waals surface area contributed by atoms with E-state index in [9.17, 15) is 0 Å². The van der Waals surface area contributed by atoms with Crippen molar-refractivity contribution in [3.05, 3.63) is 18.0 Å². The fraction of sp³-hybridized carbons (Fsp3) is 0.750. The molecule has 4 nitrogen and oxygen atoms in total. The third-order valence-corrected chi connectivity index (χ3v) is 3.87. The highest BCUT2D eigenvalue weighted by Gasteiger charge is 2.15. The van der Waals surface area contributed by atoms with Gasteiger partial charge in [-0.05, 0) is 37.6 Å². The van der Waals surface area contributed by atoms with Crippen molar-refractivity contribution in [2.24, 2.45) is 11.8 Å². The Morgan fingerprint density at radius 3 is 2.70 bits per heavy atom. The first-order valence-corrected chi connectivity index (χ1v) is 7.91. The summed E-state index contributed by atoms with van der Waals surface area (Å²) < 4.78 is 0. The summed E-state index contributed by atoms with van der Waals surface area (Å²) in [5.74, 6) is 2.40. The molecule has 0 amide bonds. The van der Waals surface area contributed by atoms with Crippen LogP contribution in [0.2, 0.25) is 0 Å². The molecule has 0 spiro atoms. The minimum absolute atomic E-state index is 0.675. The minimum atomic E-state index is 0.675. The summed E-state index contributed by atoms with van der Waals surface area (Å²) in [4.78, 5) is 11.4. The molecule has 1 aliphatic rings. The summed E-state index contributed by atoms with van der Waals surface area (Å²) in [6, 6.07) is 0. The van der Waals surface area contributed by atoms with Gasteiger partial charge in [-0.2, -0.15) is 0 Å². The van der Waals surface area contributed by atoms with Crippen molar-refractivity contribution in [1.29, 1.82) is 0 Å². The number of hydrogen-bond donors (Lipinski definition) is 1. The van der Waals surface area contributed by atoms with Crippen molar-refractivity contribution in [3.63, 3.8) is 0 Å². The first-order chi connectivity index (χ1) is 9.65. The fourth-order valence-corrected chi connectivity index (χ4v) is 2.57. The Balaban J connectivity index is 1.87. The molecule has 1 atom stereocenters. The molecule has 4 heteroatoms. The highest BCUT2D eigenvalue weighted by molar-refractivity contribution is 5.29. The maximum absolute atomic E-state index is 4.54. The Kier molecular flexibility index (Phi) is 5.77. The quantitative estimate of drug-likeness (QED) is 0.898. The number of rotatable bonds is 5. The largest absolute Gasteiger partial charge is 0.341 e. The van der Waals surface area contributed by atoms with Crippen LogP contribution in [0.4, 0.5) is 5.95 Å². The molecule has 1 saturated heterocycles. The van der Waals surface area contributed by atoms with Gasteiger partial charge in [-0.1, -0.05) is 20.8 Å². The maximum atomic E-state index is 4.54. The Labute approximate surface area is 123 Å². The predicted molar refractivity (Wildman–Crippen MR) is 83.8 cm³/mol. The molecule has 1 aromatic rings. The van der Waals surface area contributed by atoms with Gasteiger partial charge in [0.2, 0.25) is 5.95 Å². The lowest BCUT2D eigenvalue weighted by Gasteiger charge is -2.20. The van der Waals surface area contributed by atoms with Crippen LogP contribution in [0.15, 0.2) is 12.4 Å². The summed E-state index contributed by atoms with van der Waals surface area (Å²) in [5, 5.41) is 3.42. The molecule has 20 heavy (non-hydrogen) atoms. The molecular weight excluding hydrogens is 248 g/mol. The average molecular weight is 276 g/mol. The summed E-state index contributed by atoms with van der Waals surface area (Å²) >= 11 is 0. The van der Waals surface area contributed by atoms with Gasteiger partial charge in [-0.15, -0.1) is 0 Å².